The lowest BCUT2D eigenvalue weighted by molar-refractivity contribution is 0.165. The van der Waals surface area contributed by atoms with Gasteiger partial charge in [-0.2, -0.15) is 0 Å². The van der Waals surface area contributed by atoms with E-state index in [1.165, 1.54) is 0 Å². The summed E-state index contributed by atoms with van der Waals surface area (Å²) in [6, 6.07) is -0.557. The van der Waals surface area contributed by atoms with Crippen LogP contribution in [0.25, 0.3) is 0 Å². The molecule has 0 aliphatic carbocycles. The highest BCUT2D eigenvalue weighted by atomic mass is 32.1. The highest BCUT2D eigenvalue weighted by molar-refractivity contribution is 7.09. The number of piperidine rings is 1. The second-order valence-electron chi connectivity index (χ2n) is 6.51. The van der Waals surface area contributed by atoms with Gasteiger partial charge in [0, 0.05) is 43.9 Å². The highest BCUT2D eigenvalue weighted by Crippen LogP contribution is 2.19. The standard InChI is InChI=1S/C16H27N5O2S/c1-11(2)14-20-13(10-24-14)5-6-18-16(23)21-7-3-4-12(9-21)8-19-15(17)22/h10-12H,3-9H2,1-2H3,(H,18,23)(H3,17,19,22). The number of nitrogens with zero attached hydrogens (tertiary/aromatic N) is 2. The molecule has 8 heteroatoms. The third kappa shape index (κ3) is 5.67. The Morgan fingerprint density at radius 2 is 2.25 bits per heavy atom. The molecule has 0 aromatic carbocycles. The van der Waals surface area contributed by atoms with Gasteiger partial charge in [0.1, 0.15) is 0 Å². The lowest BCUT2D eigenvalue weighted by Gasteiger charge is -2.32. The number of aromatic nitrogens is 1. The van der Waals surface area contributed by atoms with Gasteiger partial charge in [0.2, 0.25) is 0 Å². The highest BCUT2D eigenvalue weighted by Gasteiger charge is 2.23. The summed E-state index contributed by atoms with van der Waals surface area (Å²) in [5, 5.41) is 8.79. The summed E-state index contributed by atoms with van der Waals surface area (Å²) >= 11 is 1.67. The third-order valence-electron chi connectivity index (χ3n) is 4.09. The first-order chi connectivity index (χ1) is 11.5. The van der Waals surface area contributed by atoms with Crippen LogP contribution in [0.1, 0.15) is 43.3 Å². The summed E-state index contributed by atoms with van der Waals surface area (Å²) in [5.74, 6) is 0.710. The van der Waals surface area contributed by atoms with E-state index in [0.717, 1.165) is 36.5 Å². The molecule has 1 aromatic heterocycles. The Morgan fingerprint density at radius 3 is 2.92 bits per heavy atom. The van der Waals surface area contributed by atoms with Crippen molar-refractivity contribution < 1.29 is 9.59 Å². The minimum absolute atomic E-state index is 0.0434. The van der Waals surface area contributed by atoms with E-state index in [-0.39, 0.29) is 11.9 Å². The molecule has 134 valence electrons. The second kappa shape index (κ2) is 8.86. The Morgan fingerprint density at radius 1 is 1.46 bits per heavy atom. The molecular weight excluding hydrogens is 326 g/mol. The number of hydrogen-bond acceptors (Lipinski definition) is 4. The van der Waals surface area contributed by atoms with Gasteiger partial charge in [0.15, 0.2) is 0 Å². The summed E-state index contributed by atoms with van der Waals surface area (Å²) in [6.45, 7) is 6.78. The molecule has 24 heavy (non-hydrogen) atoms. The van der Waals surface area contributed by atoms with E-state index in [1.807, 2.05) is 4.90 Å². The number of carbonyl (C=O) groups excluding carboxylic acids is 2. The summed E-state index contributed by atoms with van der Waals surface area (Å²) in [7, 11) is 0. The van der Waals surface area contributed by atoms with Crippen molar-refractivity contribution >= 4 is 23.4 Å². The van der Waals surface area contributed by atoms with Crippen LogP contribution < -0.4 is 16.4 Å². The molecule has 1 atom stereocenters. The summed E-state index contributed by atoms with van der Waals surface area (Å²) in [4.78, 5) is 29.5. The topological polar surface area (TPSA) is 100 Å². The normalized spacial score (nSPS) is 17.8. The van der Waals surface area contributed by atoms with Crippen molar-refractivity contribution in [3.05, 3.63) is 16.1 Å². The van der Waals surface area contributed by atoms with Crippen molar-refractivity contribution in [3.63, 3.8) is 0 Å². The first-order valence-corrected chi connectivity index (χ1v) is 9.34. The van der Waals surface area contributed by atoms with E-state index in [4.69, 9.17) is 5.73 Å². The van der Waals surface area contributed by atoms with Crippen molar-refractivity contribution in [2.45, 2.75) is 39.0 Å². The molecule has 2 heterocycles. The fraction of sp³-hybridized carbons (Fsp3) is 0.688. The zero-order valence-corrected chi connectivity index (χ0v) is 15.2. The van der Waals surface area contributed by atoms with Crippen LogP contribution in [0.15, 0.2) is 5.38 Å². The first kappa shape index (κ1) is 18.5. The van der Waals surface area contributed by atoms with Crippen molar-refractivity contribution in [1.29, 1.82) is 0 Å². The number of likely N-dealkylation sites (tertiary alicyclic amines) is 1. The van der Waals surface area contributed by atoms with Gasteiger partial charge in [-0.1, -0.05) is 13.8 Å². The molecule has 1 saturated heterocycles. The molecular formula is C16H27N5O2S. The Kier molecular flexibility index (Phi) is 6.84. The van der Waals surface area contributed by atoms with E-state index in [1.54, 1.807) is 11.3 Å². The molecule has 7 nitrogen and oxygen atoms in total. The number of thiazole rings is 1. The Hall–Kier alpha value is -1.83. The maximum Gasteiger partial charge on any atom is 0.317 e. The molecule has 1 unspecified atom stereocenters. The summed E-state index contributed by atoms with van der Waals surface area (Å²) in [5.41, 5.74) is 6.13. The van der Waals surface area contributed by atoms with Gasteiger partial charge >= 0.3 is 12.1 Å². The molecule has 2 rings (SSSR count). The second-order valence-corrected chi connectivity index (χ2v) is 7.40. The zero-order chi connectivity index (χ0) is 17.5. The van der Waals surface area contributed by atoms with Gasteiger partial charge in [-0.15, -0.1) is 11.3 Å². The molecule has 4 N–H and O–H groups in total. The van der Waals surface area contributed by atoms with E-state index in [2.05, 4.69) is 34.8 Å². The predicted octanol–water partition coefficient (Wildman–Crippen LogP) is 1.90. The molecule has 1 aliphatic heterocycles. The fourth-order valence-electron chi connectivity index (χ4n) is 2.77. The molecule has 4 amide bonds. The van der Waals surface area contributed by atoms with Gasteiger partial charge < -0.3 is 21.3 Å². The summed E-state index contributed by atoms with van der Waals surface area (Å²) < 4.78 is 0. The number of urea groups is 2. The predicted molar refractivity (Wildman–Crippen MR) is 95.2 cm³/mol. The lowest BCUT2D eigenvalue weighted by atomic mass is 9.98. The van der Waals surface area contributed by atoms with Gasteiger partial charge in [0.05, 0.1) is 10.7 Å². The average Bonchev–Trinajstić information content (AvgIpc) is 3.02. The smallest absolute Gasteiger partial charge is 0.317 e. The molecule has 0 spiro atoms. The monoisotopic (exact) mass is 353 g/mol. The lowest BCUT2D eigenvalue weighted by Crippen LogP contribution is -2.48. The molecule has 1 fully saturated rings. The van der Waals surface area contributed by atoms with E-state index in [0.29, 0.717) is 25.6 Å². The number of rotatable bonds is 6. The van der Waals surface area contributed by atoms with Crippen molar-refractivity contribution in [3.8, 4) is 0 Å². The van der Waals surface area contributed by atoms with Crippen molar-refractivity contribution in [2.24, 2.45) is 11.7 Å². The molecule has 1 aromatic rings. The van der Waals surface area contributed by atoms with Crippen LogP contribution in [0.2, 0.25) is 0 Å². The molecule has 0 bridgehead atoms. The first-order valence-electron chi connectivity index (χ1n) is 8.46. The number of carbonyl (C=O) groups is 2. The largest absolute Gasteiger partial charge is 0.352 e. The zero-order valence-electron chi connectivity index (χ0n) is 14.4. The van der Waals surface area contributed by atoms with Gasteiger partial charge in [-0.3, -0.25) is 0 Å². The number of hydrogen-bond donors (Lipinski definition) is 3. The number of nitrogens with two attached hydrogens (primary N) is 1. The van der Waals surface area contributed by atoms with Crippen LogP contribution in [0.4, 0.5) is 9.59 Å². The van der Waals surface area contributed by atoms with Gasteiger partial charge in [-0.05, 0) is 18.8 Å². The van der Waals surface area contributed by atoms with Crippen molar-refractivity contribution in [1.82, 2.24) is 20.5 Å². The fourth-order valence-corrected chi connectivity index (χ4v) is 3.64. The minimum atomic E-state index is -0.513. The average molecular weight is 353 g/mol. The van der Waals surface area contributed by atoms with Crippen LogP contribution in [-0.2, 0) is 6.42 Å². The Bertz CT molecular complexity index is 560. The minimum Gasteiger partial charge on any atom is -0.352 e. The quantitative estimate of drug-likeness (QED) is 0.728. The maximum atomic E-state index is 12.3. The van der Waals surface area contributed by atoms with Crippen LogP contribution >= 0.6 is 11.3 Å². The van der Waals surface area contributed by atoms with E-state index >= 15 is 0 Å². The maximum absolute atomic E-state index is 12.3. The van der Waals surface area contributed by atoms with Crippen LogP contribution in [0.5, 0.6) is 0 Å². The Labute approximate surface area is 147 Å². The number of amides is 4. The number of nitrogens with one attached hydrogen (secondary N) is 2. The SMILES string of the molecule is CC(C)c1nc(CCNC(=O)N2CCCC(CNC(N)=O)C2)cs1. The summed E-state index contributed by atoms with van der Waals surface area (Å²) in [6.07, 6.45) is 2.69. The van der Waals surface area contributed by atoms with Crippen LogP contribution in [-0.4, -0.2) is 48.1 Å². The molecule has 0 radical (unpaired) electrons. The number of primary amides is 1. The van der Waals surface area contributed by atoms with Gasteiger partial charge in [0.25, 0.3) is 0 Å². The van der Waals surface area contributed by atoms with E-state index in [9.17, 15) is 9.59 Å². The van der Waals surface area contributed by atoms with Crippen LogP contribution in [0, 0.1) is 5.92 Å². The van der Waals surface area contributed by atoms with E-state index < -0.39 is 6.03 Å². The van der Waals surface area contributed by atoms with Gasteiger partial charge in [-0.25, -0.2) is 14.6 Å². The third-order valence-corrected chi connectivity index (χ3v) is 5.29. The molecule has 1 aliphatic rings. The van der Waals surface area contributed by atoms with Crippen LogP contribution in [0.3, 0.4) is 0 Å². The van der Waals surface area contributed by atoms with Crippen molar-refractivity contribution in [2.75, 3.05) is 26.2 Å². The molecule has 0 saturated carbocycles. The Balaban J connectivity index is 1.72.